The van der Waals surface area contributed by atoms with Gasteiger partial charge in [-0.1, -0.05) is 30.3 Å². The van der Waals surface area contributed by atoms with Crippen LogP contribution in [-0.2, 0) is 16.0 Å². The van der Waals surface area contributed by atoms with Crippen LogP contribution in [0, 0.1) is 0 Å². The Morgan fingerprint density at radius 2 is 1.85 bits per heavy atom. The molecule has 1 aromatic rings. The van der Waals surface area contributed by atoms with Crippen molar-refractivity contribution in [3.05, 3.63) is 35.9 Å². The van der Waals surface area contributed by atoms with Crippen molar-refractivity contribution in [2.24, 2.45) is 0 Å². The van der Waals surface area contributed by atoms with Gasteiger partial charge in [-0.3, -0.25) is 9.69 Å². The molecule has 0 N–H and O–H groups in total. The number of hydrogen-bond donors (Lipinski definition) is 0. The van der Waals surface area contributed by atoms with Crippen molar-refractivity contribution in [3.8, 4) is 0 Å². The molecule has 2 rings (SSSR count). The van der Waals surface area contributed by atoms with Gasteiger partial charge in [0.25, 0.3) is 0 Å². The van der Waals surface area contributed by atoms with Gasteiger partial charge in [0.05, 0.1) is 18.8 Å². The zero-order valence-corrected chi connectivity index (χ0v) is 12.6. The number of ketones is 1. The fourth-order valence-corrected chi connectivity index (χ4v) is 2.70. The van der Waals surface area contributed by atoms with Gasteiger partial charge in [-0.05, 0) is 32.3 Å². The lowest BCUT2D eigenvalue weighted by Crippen LogP contribution is -2.54. The summed E-state index contributed by atoms with van der Waals surface area (Å²) < 4.78 is 5.36. The van der Waals surface area contributed by atoms with E-state index in [1.807, 2.05) is 19.9 Å². The number of rotatable bonds is 6. The molecule has 20 heavy (non-hydrogen) atoms. The van der Waals surface area contributed by atoms with E-state index in [-0.39, 0.29) is 5.54 Å². The van der Waals surface area contributed by atoms with E-state index in [1.54, 1.807) is 0 Å². The lowest BCUT2D eigenvalue weighted by Gasteiger charge is -2.39. The van der Waals surface area contributed by atoms with Gasteiger partial charge < -0.3 is 4.74 Å². The SMILES string of the molecule is CC(C)(C(=O)CCCc1ccccc1)N1CCOCC1. The predicted molar refractivity (Wildman–Crippen MR) is 80.9 cm³/mol. The van der Waals surface area contributed by atoms with Crippen LogP contribution in [0.15, 0.2) is 30.3 Å². The topological polar surface area (TPSA) is 29.5 Å². The number of benzene rings is 1. The quantitative estimate of drug-likeness (QED) is 0.799. The molecule has 1 fully saturated rings. The van der Waals surface area contributed by atoms with Crippen molar-refractivity contribution >= 4 is 5.78 Å². The second-order valence-electron chi connectivity index (χ2n) is 5.92. The predicted octanol–water partition coefficient (Wildman–Crippen LogP) is 2.69. The smallest absolute Gasteiger partial charge is 0.152 e. The van der Waals surface area contributed by atoms with Gasteiger partial charge in [0.1, 0.15) is 0 Å². The fraction of sp³-hybridized carbons (Fsp3) is 0.588. The maximum Gasteiger partial charge on any atom is 0.152 e. The molecule has 3 heteroatoms. The average Bonchev–Trinajstić information content (AvgIpc) is 2.49. The van der Waals surface area contributed by atoms with E-state index < -0.39 is 0 Å². The molecule has 1 aliphatic rings. The first-order valence-electron chi connectivity index (χ1n) is 7.51. The zero-order chi connectivity index (χ0) is 14.4. The van der Waals surface area contributed by atoms with Crippen molar-refractivity contribution in [3.63, 3.8) is 0 Å². The Hall–Kier alpha value is -1.19. The number of nitrogens with zero attached hydrogens (tertiary/aromatic N) is 1. The van der Waals surface area contributed by atoms with Crippen molar-refractivity contribution in [1.82, 2.24) is 4.90 Å². The van der Waals surface area contributed by atoms with E-state index in [9.17, 15) is 4.79 Å². The van der Waals surface area contributed by atoms with Crippen LogP contribution < -0.4 is 0 Å². The summed E-state index contributed by atoms with van der Waals surface area (Å²) in [5.41, 5.74) is 0.949. The third kappa shape index (κ3) is 3.90. The third-order valence-corrected chi connectivity index (χ3v) is 4.20. The van der Waals surface area contributed by atoms with E-state index in [1.165, 1.54) is 5.56 Å². The number of aryl methyl sites for hydroxylation is 1. The largest absolute Gasteiger partial charge is 0.379 e. The van der Waals surface area contributed by atoms with Crippen LogP contribution in [0.4, 0.5) is 0 Å². The number of hydrogen-bond acceptors (Lipinski definition) is 3. The molecule has 1 heterocycles. The summed E-state index contributed by atoms with van der Waals surface area (Å²) in [5.74, 6) is 0.343. The second-order valence-corrected chi connectivity index (χ2v) is 5.92. The van der Waals surface area contributed by atoms with E-state index in [2.05, 4.69) is 29.2 Å². The summed E-state index contributed by atoms with van der Waals surface area (Å²) in [7, 11) is 0. The first kappa shape index (κ1) is 15.2. The molecule has 1 aliphatic heterocycles. The van der Waals surface area contributed by atoms with Crippen LogP contribution in [0.1, 0.15) is 32.3 Å². The molecule has 0 aromatic heterocycles. The lowest BCUT2D eigenvalue weighted by atomic mass is 9.92. The normalized spacial score (nSPS) is 17.1. The van der Waals surface area contributed by atoms with Gasteiger partial charge in [-0.2, -0.15) is 0 Å². The number of ether oxygens (including phenoxy) is 1. The molecular formula is C17H25NO2. The van der Waals surface area contributed by atoms with Crippen molar-refractivity contribution < 1.29 is 9.53 Å². The molecule has 110 valence electrons. The summed E-state index contributed by atoms with van der Waals surface area (Å²) in [6.07, 6.45) is 2.56. The summed E-state index contributed by atoms with van der Waals surface area (Å²) in [5, 5.41) is 0. The van der Waals surface area contributed by atoms with E-state index in [0.29, 0.717) is 12.2 Å². The molecule has 1 saturated heterocycles. The average molecular weight is 275 g/mol. The summed E-state index contributed by atoms with van der Waals surface area (Å²) in [6, 6.07) is 10.4. The molecule has 0 saturated carbocycles. The maximum atomic E-state index is 12.5. The monoisotopic (exact) mass is 275 g/mol. The second kappa shape index (κ2) is 7.00. The highest BCUT2D eigenvalue weighted by atomic mass is 16.5. The van der Waals surface area contributed by atoms with Crippen molar-refractivity contribution in [2.45, 2.75) is 38.6 Å². The molecule has 0 radical (unpaired) electrons. The molecule has 0 atom stereocenters. The highest BCUT2D eigenvalue weighted by Crippen LogP contribution is 2.20. The van der Waals surface area contributed by atoms with E-state index >= 15 is 0 Å². The van der Waals surface area contributed by atoms with Crippen molar-refractivity contribution in [1.29, 1.82) is 0 Å². The Morgan fingerprint density at radius 1 is 1.20 bits per heavy atom. The van der Waals surface area contributed by atoms with Crippen LogP contribution in [0.3, 0.4) is 0 Å². The van der Waals surface area contributed by atoms with E-state index in [0.717, 1.165) is 39.1 Å². The van der Waals surface area contributed by atoms with Gasteiger partial charge in [0.15, 0.2) is 5.78 Å². The van der Waals surface area contributed by atoms with Gasteiger partial charge >= 0.3 is 0 Å². The van der Waals surface area contributed by atoms with Crippen LogP contribution in [0.2, 0.25) is 0 Å². The molecule has 0 bridgehead atoms. The number of carbonyl (C=O) groups excluding carboxylic acids is 1. The minimum atomic E-state index is -0.361. The van der Waals surface area contributed by atoms with Crippen molar-refractivity contribution in [2.75, 3.05) is 26.3 Å². The fourth-order valence-electron chi connectivity index (χ4n) is 2.70. The first-order valence-corrected chi connectivity index (χ1v) is 7.51. The molecular weight excluding hydrogens is 250 g/mol. The molecule has 0 unspecified atom stereocenters. The Kier molecular flexibility index (Phi) is 5.32. The number of morpholine rings is 1. The van der Waals surface area contributed by atoms with Crippen LogP contribution in [0.25, 0.3) is 0 Å². The lowest BCUT2D eigenvalue weighted by molar-refractivity contribution is -0.132. The Bertz CT molecular complexity index is 422. The summed E-state index contributed by atoms with van der Waals surface area (Å²) in [6.45, 7) is 7.28. The van der Waals surface area contributed by atoms with Gasteiger partial charge in [0.2, 0.25) is 0 Å². The maximum absolute atomic E-state index is 12.5. The minimum absolute atomic E-state index is 0.343. The van der Waals surface area contributed by atoms with Crippen LogP contribution in [0.5, 0.6) is 0 Å². The molecule has 1 aromatic carbocycles. The zero-order valence-electron chi connectivity index (χ0n) is 12.6. The molecule has 0 amide bonds. The van der Waals surface area contributed by atoms with Crippen LogP contribution >= 0.6 is 0 Å². The highest BCUT2D eigenvalue weighted by Gasteiger charge is 2.34. The van der Waals surface area contributed by atoms with Gasteiger partial charge in [-0.25, -0.2) is 0 Å². The van der Waals surface area contributed by atoms with E-state index in [4.69, 9.17) is 4.74 Å². The number of Topliss-reactive ketones (excluding diaryl/α,β-unsaturated/α-hetero) is 1. The third-order valence-electron chi connectivity index (χ3n) is 4.20. The van der Waals surface area contributed by atoms with Gasteiger partial charge in [-0.15, -0.1) is 0 Å². The molecule has 3 nitrogen and oxygen atoms in total. The van der Waals surface area contributed by atoms with Crippen LogP contribution in [-0.4, -0.2) is 42.5 Å². The molecule has 0 aliphatic carbocycles. The number of carbonyl (C=O) groups is 1. The Labute approximate surface area is 121 Å². The first-order chi connectivity index (χ1) is 9.60. The standard InChI is InChI=1S/C17H25NO2/c1-17(2,18-11-13-20-14-12-18)16(19)10-6-9-15-7-4-3-5-8-15/h3-5,7-8H,6,9-14H2,1-2H3. The highest BCUT2D eigenvalue weighted by molar-refractivity contribution is 5.87. The Morgan fingerprint density at radius 3 is 2.50 bits per heavy atom. The summed E-state index contributed by atoms with van der Waals surface area (Å²) >= 11 is 0. The molecule has 0 spiro atoms. The Balaban J connectivity index is 1.81. The minimum Gasteiger partial charge on any atom is -0.379 e. The van der Waals surface area contributed by atoms with Gasteiger partial charge in [0, 0.05) is 19.5 Å². The summed E-state index contributed by atoms with van der Waals surface area (Å²) in [4.78, 5) is 14.7.